The molecule has 0 aliphatic heterocycles. The molecule has 2 aromatic rings. The van der Waals surface area contributed by atoms with Crippen LogP contribution in [0.25, 0.3) is 5.69 Å². The zero-order valence-corrected chi connectivity index (χ0v) is 16.8. The molecule has 0 atom stereocenters. The van der Waals surface area contributed by atoms with E-state index in [1.807, 2.05) is 23.6 Å². The van der Waals surface area contributed by atoms with Crippen LogP contribution in [0.1, 0.15) is 50.4 Å². The van der Waals surface area contributed by atoms with Crippen LogP contribution in [0.4, 0.5) is 0 Å². The van der Waals surface area contributed by atoms with Gasteiger partial charge in [0, 0.05) is 12.6 Å². The zero-order chi connectivity index (χ0) is 18.5. The van der Waals surface area contributed by atoms with Gasteiger partial charge in [0.25, 0.3) is 0 Å². The monoisotopic (exact) mass is 372 g/mol. The van der Waals surface area contributed by atoms with Crippen LogP contribution in [-0.4, -0.2) is 43.9 Å². The number of para-hydroxylation sites is 1. The van der Waals surface area contributed by atoms with Crippen molar-refractivity contribution in [3.8, 4) is 5.69 Å². The number of amides is 1. The van der Waals surface area contributed by atoms with Crippen molar-refractivity contribution in [2.24, 2.45) is 0 Å². The van der Waals surface area contributed by atoms with Crippen LogP contribution < -0.4 is 0 Å². The average molecular weight is 373 g/mol. The maximum absolute atomic E-state index is 12.8. The summed E-state index contributed by atoms with van der Waals surface area (Å²) < 4.78 is 2.05. The highest BCUT2D eigenvalue weighted by Crippen LogP contribution is 2.26. The molecule has 1 aromatic carbocycles. The lowest BCUT2D eigenvalue weighted by Gasteiger charge is -2.33. The molecule has 1 aliphatic carbocycles. The molecule has 0 bridgehead atoms. The fourth-order valence-electron chi connectivity index (χ4n) is 3.77. The smallest absolute Gasteiger partial charge is 0.233 e. The predicted octanol–water partition coefficient (Wildman–Crippen LogP) is 4.16. The van der Waals surface area contributed by atoms with Crippen molar-refractivity contribution < 1.29 is 4.79 Å². The summed E-state index contributed by atoms with van der Waals surface area (Å²) in [6.07, 6.45) is 6.06. The third kappa shape index (κ3) is 4.11. The van der Waals surface area contributed by atoms with E-state index in [9.17, 15) is 4.79 Å². The van der Waals surface area contributed by atoms with Crippen molar-refractivity contribution in [2.45, 2.75) is 64.1 Å². The number of aryl methyl sites for hydroxylation is 2. The van der Waals surface area contributed by atoms with Gasteiger partial charge in [0.1, 0.15) is 5.82 Å². The molecule has 1 amide bonds. The van der Waals surface area contributed by atoms with E-state index in [1.54, 1.807) is 0 Å². The van der Waals surface area contributed by atoms with E-state index >= 15 is 0 Å². The summed E-state index contributed by atoms with van der Waals surface area (Å²) in [5.41, 5.74) is 2.24. The molecule has 140 valence electrons. The summed E-state index contributed by atoms with van der Waals surface area (Å²) in [5.74, 6) is 1.46. The molecular formula is C20H28N4OS. The van der Waals surface area contributed by atoms with Gasteiger partial charge in [-0.1, -0.05) is 49.2 Å². The highest BCUT2D eigenvalue weighted by atomic mass is 32.2. The van der Waals surface area contributed by atoms with E-state index in [2.05, 4.69) is 41.1 Å². The first kappa shape index (κ1) is 19.0. The molecule has 3 rings (SSSR count). The predicted molar refractivity (Wildman–Crippen MR) is 106 cm³/mol. The van der Waals surface area contributed by atoms with E-state index < -0.39 is 0 Å². The van der Waals surface area contributed by atoms with Gasteiger partial charge in [0.2, 0.25) is 5.91 Å². The van der Waals surface area contributed by atoms with Crippen LogP contribution in [-0.2, 0) is 4.79 Å². The van der Waals surface area contributed by atoms with E-state index in [1.165, 1.54) is 36.6 Å². The fourth-order valence-corrected chi connectivity index (χ4v) is 4.64. The summed E-state index contributed by atoms with van der Waals surface area (Å²) in [7, 11) is 0. The summed E-state index contributed by atoms with van der Waals surface area (Å²) in [5, 5.41) is 9.32. The molecule has 0 spiro atoms. The zero-order valence-electron chi connectivity index (χ0n) is 15.9. The van der Waals surface area contributed by atoms with E-state index in [4.69, 9.17) is 0 Å². The van der Waals surface area contributed by atoms with Gasteiger partial charge < -0.3 is 4.90 Å². The van der Waals surface area contributed by atoms with Gasteiger partial charge in [-0.2, -0.15) is 0 Å². The van der Waals surface area contributed by atoms with Gasteiger partial charge in [-0.15, -0.1) is 10.2 Å². The molecule has 0 radical (unpaired) electrons. The van der Waals surface area contributed by atoms with Crippen molar-refractivity contribution in [1.82, 2.24) is 19.7 Å². The minimum atomic E-state index is 0.210. The second-order valence-corrected chi connectivity index (χ2v) is 7.85. The Hall–Kier alpha value is -1.82. The SMILES string of the molecule is CCN(C(=O)CSc1nnc(C)n1-c1ccccc1C)C1CCCCC1. The summed E-state index contributed by atoms with van der Waals surface area (Å²) in [6.45, 7) is 6.90. The number of benzene rings is 1. The summed E-state index contributed by atoms with van der Waals surface area (Å²) in [4.78, 5) is 14.9. The quantitative estimate of drug-likeness (QED) is 0.715. The first-order chi connectivity index (χ1) is 12.6. The summed E-state index contributed by atoms with van der Waals surface area (Å²) >= 11 is 1.49. The van der Waals surface area contributed by atoms with E-state index in [0.717, 1.165) is 36.1 Å². The largest absolute Gasteiger partial charge is 0.339 e. The fraction of sp³-hybridized carbons (Fsp3) is 0.550. The van der Waals surface area contributed by atoms with Crippen LogP contribution in [0.3, 0.4) is 0 Å². The van der Waals surface area contributed by atoms with Crippen LogP contribution in [0.2, 0.25) is 0 Å². The topological polar surface area (TPSA) is 51.0 Å². The molecular weight excluding hydrogens is 344 g/mol. The number of hydrogen-bond acceptors (Lipinski definition) is 4. The maximum atomic E-state index is 12.8. The second-order valence-electron chi connectivity index (χ2n) is 6.91. The van der Waals surface area contributed by atoms with E-state index in [-0.39, 0.29) is 5.91 Å². The van der Waals surface area contributed by atoms with Gasteiger partial charge in [0.05, 0.1) is 11.4 Å². The van der Waals surface area contributed by atoms with Gasteiger partial charge in [-0.3, -0.25) is 9.36 Å². The highest BCUT2D eigenvalue weighted by Gasteiger charge is 2.24. The van der Waals surface area contributed by atoms with Crippen molar-refractivity contribution in [2.75, 3.05) is 12.3 Å². The minimum Gasteiger partial charge on any atom is -0.339 e. The standard InChI is InChI=1S/C20H28N4OS/c1-4-23(17-11-6-5-7-12-17)19(25)14-26-20-22-21-16(3)24(20)18-13-9-8-10-15(18)2/h8-10,13,17H,4-7,11-12,14H2,1-3H3. The normalized spacial score (nSPS) is 15.2. The Morgan fingerprint density at radius 2 is 1.92 bits per heavy atom. The Balaban J connectivity index is 1.72. The molecule has 6 heteroatoms. The Kier molecular flexibility index (Phi) is 6.35. The molecule has 1 fully saturated rings. The van der Waals surface area contributed by atoms with Crippen LogP contribution in [0.15, 0.2) is 29.4 Å². The molecule has 0 saturated heterocycles. The average Bonchev–Trinajstić information content (AvgIpc) is 3.02. The number of thioether (sulfide) groups is 1. The Bertz CT molecular complexity index is 752. The lowest BCUT2D eigenvalue weighted by molar-refractivity contribution is -0.131. The Labute approximate surface area is 160 Å². The van der Waals surface area contributed by atoms with Crippen molar-refractivity contribution in [3.63, 3.8) is 0 Å². The number of nitrogens with zero attached hydrogens (tertiary/aromatic N) is 4. The van der Waals surface area contributed by atoms with Gasteiger partial charge in [-0.05, 0) is 45.2 Å². The highest BCUT2D eigenvalue weighted by molar-refractivity contribution is 7.99. The molecule has 0 unspecified atom stereocenters. The lowest BCUT2D eigenvalue weighted by atomic mass is 9.94. The first-order valence-electron chi connectivity index (χ1n) is 9.52. The molecule has 5 nitrogen and oxygen atoms in total. The molecule has 1 aromatic heterocycles. The van der Waals surface area contributed by atoms with Crippen molar-refractivity contribution in [3.05, 3.63) is 35.7 Å². The van der Waals surface area contributed by atoms with Crippen LogP contribution in [0, 0.1) is 13.8 Å². The molecule has 0 N–H and O–H groups in total. The van der Waals surface area contributed by atoms with Crippen molar-refractivity contribution in [1.29, 1.82) is 0 Å². The second kappa shape index (κ2) is 8.71. The third-order valence-electron chi connectivity index (χ3n) is 5.15. The van der Waals surface area contributed by atoms with Gasteiger partial charge in [0.15, 0.2) is 5.16 Å². The Morgan fingerprint density at radius 1 is 1.19 bits per heavy atom. The molecule has 1 saturated carbocycles. The number of hydrogen-bond donors (Lipinski definition) is 0. The lowest BCUT2D eigenvalue weighted by Crippen LogP contribution is -2.42. The molecule has 26 heavy (non-hydrogen) atoms. The number of carbonyl (C=O) groups excluding carboxylic acids is 1. The van der Waals surface area contributed by atoms with Gasteiger partial charge >= 0.3 is 0 Å². The number of carbonyl (C=O) groups is 1. The molecule has 1 aliphatic rings. The molecule has 1 heterocycles. The first-order valence-corrected chi connectivity index (χ1v) is 10.5. The van der Waals surface area contributed by atoms with Gasteiger partial charge in [-0.25, -0.2) is 0 Å². The van der Waals surface area contributed by atoms with Crippen LogP contribution >= 0.6 is 11.8 Å². The van der Waals surface area contributed by atoms with E-state index in [0.29, 0.717) is 11.8 Å². The van der Waals surface area contributed by atoms with Crippen molar-refractivity contribution >= 4 is 17.7 Å². The van der Waals surface area contributed by atoms with Crippen LogP contribution in [0.5, 0.6) is 0 Å². The summed E-state index contributed by atoms with van der Waals surface area (Å²) in [6, 6.07) is 8.60. The number of rotatable bonds is 6. The maximum Gasteiger partial charge on any atom is 0.233 e. The Morgan fingerprint density at radius 3 is 2.62 bits per heavy atom. The third-order valence-corrected chi connectivity index (χ3v) is 6.07. The minimum absolute atomic E-state index is 0.210. The number of aromatic nitrogens is 3.